The summed E-state index contributed by atoms with van der Waals surface area (Å²) >= 11 is 0. The minimum absolute atomic E-state index is 0.575. The van der Waals surface area contributed by atoms with E-state index in [9.17, 15) is 5.11 Å². The second-order valence-electron chi connectivity index (χ2n) is 5.82. The molecule has 2 fully saturated rings. The number of rotatable bonds is 5. The van der Waals surface area contributed by atoms with Crippen LogP contribution in [0.2, 0.25) is 0 Å². The van der Waals surface area contributed by atoms with Gasteiger partial charge in [-0.2, -0.15) is 0 Å². The lowest BCUT2D eigenvalue weighted by Gasteiger charge is -2.20. The first-order chi connectivity index (χ1) is 7.04. The SMILES string of the molecule is CC(C)(O)CNCC1CCN(C2CC2)C1. The maximum Gasteiger partial charge on any atom is 0.0715 e. The Morgan fingerprint density at radius 1 is 1.33 bits per heavy atom. The highest BCUT2D eigenvalue weighted by Crippen LogP contribution is 2.31. The first-order valence-corrected chi connectivity index (χ1v) is 6.22. The molecule has 15 heavy (non-hydrogen) atoms. The van der Waals surface area contributed by atoms with E-state index in [0.717, 1.165) is 18.5 Å². The van der Waals surface area contributed by atoms with Crippen molar-refractivity contribution in [1.29, 1.82) is 0 Å². The zero-order valence-electron chi connectivity index (χ0n) is 10.00. The monoisotopic (exact) mass is 212 g/mol. The van der Waals surface area contributed by atoms with Gasteiger partial charge >= 0.3 is 0 Å². The first-order valence-electron chi connectivity index (χ1n) is 6.22. The normalized spacial score (nSPS) is 28.6. The van der Waals surface area contributed by atoms with Crippen molar-refractivity contribution in [2.75, 3.05) is 26.2 Å². The van der Waals surface area contributed by atoms with Crippen molar-refractivity contribution in [3.63, 3.8) is 0 Å². The van der Waals surface area contributed by atoms with E-state index in [2.05, 4.69) is 10.2 Å². The zero-order chi connectivity index (χ0) is 10.9. The lowest BCUT2D eigenvalue weighted by atomic mass is 10.1. The maximum atomic E-state index is 9.57. The number of hydrogen-bond acceptors (Lipinski definition) is 3. The lowest BCUT2D eigenvalue weighted by molar-refractivity contribution is 0.0788. The Morgan fingerprint density at radius 2 is 2.07 bits per heavy atom. The van der Waals surface area contributed by atoms with Crippen molar-refractivity contribution >= 4 is 0 Å². The van der Waals surface area contributed by atoms with E-state index in [0.29, 0.717) is 6.54 Å². The Balaban J connectivity index is 1.60. The van der Waals surface area contributed by atoms with Crippen LogP contribution in [0.1, 0.15) is 33.1 Å². The smallest absolute Gasteiger partial charge is 0.0715 e. The fourth-order valence-electron chi connectivity index (χ4n) is 2.38. The Labute approximate surface area is 92.8 Å². The summed E-state index contributed by atoms with van der Waals surface area (Å²) in [5.41, 5.74) is -0.575. The molecule has 1 aliphatic carbocycles. The highest BCUT2D eigenvalue weighted by Gasteiger charge is 2.34. The first kappa shape index (κ1) is 11.4. The Bertz CT molecular complexity index is 208. The van der Waals surface area contributed by atoms with Gasteiger partial charge in [-0.15, -0.1) is 0 Å². The molecule has 2 aliphatic rings. The zero-order valence-corrected chi connectivity index (χ0v) is 10.00. The summed E-state index contributed by atoms with van der Waals surface area (Å²) in [6.07, 6.45) is 4.17. The van der Waals surface area contributed by atoms with Crippen molar-refractivity contribution in [3.05, 3.63) is 0 Å². The molecular weight excluding hydrogens is 188 g/mol. The standard InChI is InChI=1S/C12H24N2O/c1-12(2,15)9-13-7-10-5-6-14(8-10)11-3-4-11/h10-11,13,15H,3-9H2,1-2H3. The molecule has 1 saturated carbocycles. The predicted molar refractivity (Wildman–Crippen MR) is 61.9 cm³/mol. The summed E-state index contributed by atoms with van der Waals surface area (Å²) in [5.74, 6) is 0.799. The Kier molecular flexibility index (Phi) is 3.33. The quantitative estimate of drug-likeness (QED) is 0.708. The van der Waals surface area contributed by atoms with E-state index >= 15 is 0 Å². The van der Waals surface area contributed by atoms with Gasteiger partial charge in [0.1, 0.15) is 0 Å². The number of nitrogens with zero attached hydrogens (tertiary/aromatic N) is 1. The van der Waals surface area contributed by atoms with Crippen LogP contribution < -0.4 is 5.32 Å². The van der Waals surface area contributed by atoms with Gasteiger partial charge < -0.3 is 15.3 Å². The van der Waals surface area contributed by atoms with Gasteiger partial charge in [0.25, 0.3) is 0 Å². The average molecular weight is 212 g/mol. The number of aliphatic hydroxyl groups is 1. The van der Waals surface area contributed by atoms with E-state index in [1.165, 1.54) is 32.4 Å². The van der Waals surface area contributed by atoms with Crippen molar-refractivity contribution in [2.45, 2.75) is 44.8 Å². The molecule has 0 spiro atoms. The number of likely N-dealkylation sites (tertiary alicyclic amines) is 1. The van der Waals surface area contributed by atoms with Gasteiger partial charge in [-0.1, -0.05) is 0 Å². The third kappa shape index (κ3) is 3.74. The Morgan fingerprint density at radius 3 is 2.67 bits per heavy atom. The van der Waals surface area contributed by atoms with E-state index in [1.54, 1.807) is 0 Å². The van der Waals surface area contributed by atoms with Crippen LogP contribution in [-0.4, -0.2) is 47.8 Å². The van der Waals surface area contributed by atoms with Crippen LogP contribution >= 0.6 is 0 Å². The van der Waals surface area contributed by atoms with Gasteiger partial charge in [-0.05, 0) is 52.1 Å². The minimum Gasteiger partial charge on any atom is -0.389 e. The van der Waals surface area contributed by atoms with Gasteiger partial charge in [-0.3, -0.25) is 0 Å². The number of nitrogens with one attached hydrogen (secondary N) is 1. The fourth-order valence-corrected chi connectivity index (χ4v) is 2.38. The van der Waals surface area contributed by atoms with Crippen LogP contribution in [0.15, 0.2) is 0 Å². The van der Waals surface area contributed by atoms with Crippen molar-refractivity contribution in [3.8, 4) is 0 Å². The summed E-state index contributed by atoms with van der Waals surface area (Å²) in [5, 5.41) is 12.9. The second-order valence-corrected chi connectivity index (χ2v) is 5.82. The molecule has 0 radical (unpaired) electrons. The maximum absolute atomic E-state index is 9.57. The molecule has 1 aliphatic heterocycles. The van der Waals surface area contributed by atoms with E-state index in [-0.39, 0.29) is 0 Å². The van der Waals surface area contributed by atoms with Gasteiger partial charge in [0.05, 0.1) is 5.60 Å². The summed E-state index contributed by atoms with van der Waals surface area (Å²) in [6, 6.07) is 0.921. The topological polar surface area (TPSA) is 35.5 Å². The van der Waals surface area contributed by atoms with Crippen LogP contribution in [0.5, 0.6) is 0 Å². The van der Waals surface area contributed by atoms with E-state index in [4.69, 9.17) is 0 Å². The second kappa shape index (κ2) is 4.40. The van der Waals surface area contributed by atoms with Gasteiger partial charge in [0, 0.05) is 19.1 Å². The van der Waals surface area contributed by atoms with Crippen LogP contribution in [0, 0.1) is 5.92 Å². The van der Waals surface area contributed by atoms with Gasteiger partial charge in [0.15, 0.2) is 0 Å². The molecule has 3 nitrogen and oxygen atoms in total. The largest absolute Gasteiger partial charge is 0.389 e. The third-order valence-electron chi connectivity index (χ3n) is 3.37. The molecule has 1 saturated heterocycles. The van der Waals surface area contributed by atoms with E-state index in [1.807, 2.05) is 13.8 Å². The lowest BCUT2D eigenvalue weighted by Crippen LogP contribution is -2.37. The van der Waals surface area contributed by atoms with E-state index < -0.39 is 5.60 Å². The van der Waals surface area contributed by atoms with Crippen molar-refractivity contribution in [2.24, 2.45) is 5.92 Å². The molecule has 0 aromatic heterocycles. The molecule has 0 aromatic carbocycles. The molecule has 2 N–H and O–H groups in total. The summed E-state index contributed by atoms with van der Waals surface area (Å²) < 4.78 is 0. The van der Waals surface area contributed by atoms with Crippen LogP contribution in [0.4, 0.5) is 0 Å². The third-order valence-corrected chi connectivity index (χ3v) is 3.37. The van der Waals surface area contributed by atoms with Gasteiger partial charge in [0.2, 0.25) is 0 Å². The van der Waals surface area contributed by atoms with Crippen LogP contribution in [0.3, 0.4) is 0 Å². The Hall–Kier alpha value is -0.120. The molecule has 2 rings (SSSR count). The predicted octanol–water partition coefficient (Wildman–Crippen LogP) is 0.831. The molecule has 0 amide bonds. The van der Waals surface area contributed by atoms with Crippen molar-refractivity contribution in [1.82, 2.24) is 10.2 Å². The molecule has 0 aromatic rings. The van der Waals surface area contributed by atoms with Crippen LogP contribution in [0.25, 0.3) is 0 Å². The molecule has 1 atom stereocenters. The van der Waals surface area contributed by atoms with Gasteiger partial charge in [-0.25, -0.2) is 0 Å². The fraction of sp³-hybridized carbons (Fsp3) is 1.00. The number of hydrogen-bond donors (Lipinski definition) is 2. The molecule has 1 unspecified atom stereocenters. The molecule has 88 valence electrons. The summed E-state index contributed by atoms with van der Waals surface area (Å²) in [7, 11) is 0. The molecule has 3 heteroatoms. The highest BCUT2D eigenvalue weighted by atomic mass is 16.3. The van der Waals surface area contributed by atoms with Crippen LogP contribution in [-0.2, 0) is 0 Å². The van der Waals surface area contributed by atoms with Crippen molar-refractivity contribution < 1.29 is 5.11 Å². The molecular formula is C12H24N2O. The summed E-state index contributed by atoms with van der Waals surface area (Å²) in [6.45, 7) is 8.03. The average Bonchev–Trinajstić information content (AvgIpc) is 2.86. The highest BCUT2D eigenvalue weighted by molar-refractivity contribution is 4.90. The summed E-state index contributed by atoms with van der Waals surface area (Å²) in [4.78, 5) is 2.64. The molecule has 0 bridgehead atoms. The minimum atomic E-state index is -0.575. The molecule has 1 heterocycles.